The largest absolute Gasteiger partial charge is 0.352 e. The lowest BCUT2D eigenvalue weighted by Crippen LogP contribution is -2.38. The zero-order chi connectivity index (χ0) is 13.0. The highest BCUT2D eigenvalue weighted by Gasteiger charge is 2.15. The fraction of sp³-hybridized carbons (Fsp3) is 0.462. The van der Waals surface area contributed by atoms with Crippen molar-refractivity contribution in [2.75, 3.05) is 19.6 Å². The molecule has 0 bridgehead atoms. The van der Waals surface area contributed by atoms with Crippen LogP contribution in [0, 0.1) is 5.92 Å². The lowest BCUT2D eigenvalue weighted by Gasteiger charge is -2.23. The number of benzene rings is 1. The van der Waals surface area contributed by atoms with Gasteiger partial charge in [0.2, 0.25) is 0 Å². The van der Waals surface area contributed by atoms with Gasteiger partial charge in [-0.3, -0.25) is 4.79 Å². The molecule has 98 valence electrons. The Balaban J connectivity index is 1.92. The first-order chi connectivity index (χ1) is 8.66. The molecule has 0 aromatic heterocycles. The predicted molar refractivity (Wildman–Crippen MR) is 79.8 cm³/mol. The van der Waals surface area contributed by atoms with Crippen molar-refractivity contribution < 1.29 is 4.79 Å². The van der Waals surface area contributed by atoms with Crippen LogP contribution in [-0.2, 0) is 0 Å². The van der Waals surface area contributed by atoms with E-state index in [1.54, 1.807) is 0 Å². The Morgan fingerprint density at radius 2 is 2.28 bits per heavy atom. The van der Waals surface area contributed by atoms with E-state index in [1.165, 1.54) is 12.8 Å². The summed E-state index contributed by atoms with van der Waals surface area (Å²) in [4.78, 5) is 12.1. The average Bonchev–Trinajstić information content (AvgIpc) is 2.40. The van der Waals surface area contributed by atoms with Gasteiger partial charge in [-0.15, -0.1) is 0 Å². The summed E-state index contributed by atoms with van der Waals surface area (Å²) in [5.74, 6) is 0.530. The third kappa shape index (κ3) is 3.80. The van der Waals surface area contributed by atoms with Crippen molar-refractivity contribution >= 4 is 37.8 Å². The Kier molecular flexibility index (Phi) is 5.21. The van der Waals surface area contributed by atoms with Crippen LogP contribution in [0.4, 0.5) is 0 Å². The summed E-state index contributed by atoms with van der Waals surface area (Å²) in [7, 11) is 0. The monoisotopic (exact) mass is 374 g/mol. The number of carbonyl (C=O) groups is 1. The Hall–Kier alpha value is -0.390. The second-order valence-electron chi connectivity index (χ2n) is 4.55. The van der Waals surface area contributed by atoms with Gasteiger partial charge in [0.25, 0.3) is 5.91 Å². The van der Waals surface area contributed by atoms with Crippen LogP contribution in [0.25, 0.3) is 0 Å². The second kappa shape index (κ2) is 6.68. The minimum absolute atomic E-state index is 0.0197. The summed E-state index contributed by atoms with van der Waals surface area (Å²) in [6.45, 7) is 2.84. The summed E-state index contributed by atoms with van der Waals surface area (Å²) in [6, 6.07) is 5.62. The molecule has 0 radical (unpaired) electrons. The van der Waals surface area contributed by atoms with Crippen molar-refractivity contribution in [2.45, 2.75) is 12.8 Å². The van der Waals surface area contributed by atoms with E-state index in [4.69, 9.17) is 0 Å². The highest BCUT2D eigenvalue weighted by molar-refractivity contribution is 9.11. The van der Waals surface area contributed by atoms with Gasteiger partial charge in [0.15, 0.2) is 0 Å². The van der Waals surface area contributed by atoms with Crippen LogP contribution in [0.1, 0.15) is 23.2 Å². The number of carbonyl (C=O) groups excluding carboxylic acids is 1. The maximum Gasteiger partial charge on any atom is 0.252 e. The summed E-state index contributed by atoms with van der Waals surface area (Å²) in [5, 5.41) is 6.36. The zero-order valence-electron chi connectivity index (χ0n) is 10.0. The smallest absolute Gasteiger partial charge is 0.252 e. The molecule has 2 N–H and O–H groups in total. The molecule has 0 spiro atoms. The fourth-order valence-corrected chi connectivity index (χ4v) is 2.89. The van der Waals surface area contributed by atoms with Gasteiger partial charge in [0.1, 0.15) is 0 Å². The molecule has 5 heteroatoms. The standard InChI is InChI=1S/C13H16Br2N2O/c14-10-3-4-12(15)11(6-10)13(18)17-8-9-2-1-5-16-7-9/h3-4,6,9,16H,1-2,5,7-8H2,(H,17,18). The molecule has 1 unspecified atom stereocenters. The van der Waals surface area contributed by atoms with Gasteiger partial charge >= 0.3 is 0 Å². The van der Waals surface area contributed by atoms with E-state index >= 15 is 0 Å². The minimum atomic E-state index is -0.0197. The lowest BCUT2D eigenvalue weighted by atomic mass is 10.00. The molecule has 18 heavy (non-hydrogen) atoms. The van der Waals surface area contributed by atoms with Gasteiger partial charge in [-0.25, -0.2) is 0 Å². The number of nitrogens with one attached hydrogen (secondary N) is 2. The number of piperidine rings is 1. The van der Waals surface area contributed by atoms with E-state index in [9.17, 15) is 4.79 Å². The summed E-state index contributed by atoms with van der Waals surface area (Å²) in [6.07, 6.45) is 2.38. The lowest BCUT2D eigenvalue weighted by molar-refractivity contribution is 0.0944. The van der Waals surface area contributed by atoms with Crippen molar-refractivity contribution in [1.82, 2.24) is 10.6 Å². The molecule has 1 heterocycles. The van der Waals surface area contributed by atoms with Crippen LogP contribution in [0.5, 0.6) is 0 Å². The molecule has 1 saturated heterocycles. The van der Waals surface area contributed by atoms with Crippen LogP contribution >= 0.6 is 31.9 Å². The van der Waals surface area contributed by atoms with E-state index in [0.29, 0.717) is 11.5 Å². The highest BCUT2D eigenvalue weighted by Crippen LogP contribution is 2.21. The third-order valence-electron chi connectivity index (χ3n) is 3.12. The van der Waals surface area contributed by atoms with Crippen molar-refractivity contribution in [3.8, 4) is 0 Å². The van der Waals surface area contributed by atoms with E-state index < -0.39 is 0 Å². The molecule has 0 aliphatic carbocycles. The summed E-state index contributed by atoms with van der Waals surface area (Å²) in [5.41, 5.74) is 0.674. The van der Waals surface area contributed by atoms with Crippen LogP contribution in [0.15, 0.2) is 27.1 Å². The topological polar surface area (TPSA) is 41.1 Å². The van der Waals surface area contributed by atoms with Crippen molar-refractivity contribution in [3.05, 3.63) is 32.7 Å². The fourth-order valence-electron chi connectivity index (χ4n) is 2.10. The molecule has 1 atom stereocenters. The van der Waals surface area contributed by atoms with Gasteiger partial charge in [-0.05, 0) is 66.0 Å². The van der Waals surface area contributed by atoms with Crippen LogP contribution in [0.3, 0.4) is 0 Å². The number of rotatable bonds is 3. The summed E-state index contributed by atoms with van der Waals surface area (Å²) >= 11 is 6.78. The molecule has 3 nitrogen and oxygen atoms in total. The predicted octanol–water partition coefficient (Wildman–Crippen LogP) is 2.94. The van der Waals surface area contributed by atoms with Crippen molar-refractivity contribution in [3.63, 3.8) is 0 Å². The van der Waals surface area contributed by atoms with Gasteiger partial charge in [0.05, 0.1) is 5.56 Å². The van der Waals surface area contributed by atoms with Crippen LogP contribution in [0.2, 0.25) is 0 Å². The maximum absolute atomic E-state index is 12.1. The van der Waals surface area contributed by atoms with Gasteiger partial charge in [0, 0.05) is 15.5 Å². The van der Waals surface area contributed by atoms with E-state index in [2.05, 4.69) is 42.5 Å². The SMILES string of the molecule is O=C(NCC1CCCNC1)c1cc(Br)ccc1Br. The first kappa shape index (κ1) is 14.0. The molecule has 1 amide bonds. The van der Waals surface area contributed by atoms with Crippen molar-refractivity contribution in [2.24, 2.45) is 5.92 Å². The van der Waals surface area contributed by atoms with E-state index in [-0.39, 0.29) is 5.91 Å². The molecular weight excluding hydrogens is 360 g/mol. The molecule has 2 rings (SSSR count). The molecule has 0 saturated carbocycles. The first-order valence-corrected chi connectivity index (χ1v) is 7.69. The number of hydrogen-bond donors (Lipinski definition) is 2. The third-order valence-corrected chi connectivity index (χ3v) is 4.31. The number of halogens is 2. The average molecular weight is 376 g/mol. The minimum Gasteiger partial charge on any atom is -0.352 e. The Bertz CT molecular complexity index is 431. The Morgan fingerprint density at radius 3 is 3.00 bits per heavy atom. The molecule has 1 aliphatic rings. The van der Waals surface area contributed by atoms with Crippen LogP contribution in [-0.4, -0.2) is 25.5 Å². The molecule has 1 aromatic carbocycles. The number of amides is 1. The Labute approximate surface area is 124 Å². The maximum atomic E-state index is 12.1. The van der Waals surface area contributed by atoms with Gasteiger partial charge in [-0.1, -0.05) is 15.9 Å². The number of hydrogen-bond acceptors (Lipinski definition) is 2. The normalized spacial score (nSPS) is 19.6. The quantitative estimate of drug-likeness (QED) is 0.852. The highest BCUT2D eigenvalue weighted by atomic mass is 79.9. The molecule has 1 aromatic rings. The van der Waals surface area contributed by atoms with E-state index in [0.717, 1.165) is 28.6 Å². The van der Waals surface area contributed by atoms with Gasteiger partial charge < -0.3 is 10.6 Å². The molecule has 1 aliphatic heterocycles. The zero-order valence-corrected chi connectivity index (χ0v) is 13.2. The second-order valence-corrected chi connectivity index (χ2v) is 6.32. The van der Waals surface area contributed by atoms with Crippen LogP contribution < -0.4 is 10.6 Å². The summed E-state index contributed by atoms with van der Waals surface area (Å²) < 4.78 is 1.74. The van der Waals surface area contributed by atoms with Gasteiger partial charge in [-0.2, -0.15) is 0 Å². The van der Waals surface area contributed by atoms with E-state index in [1.807, 2.05) is 18.2 Å². The molecular formula is C13H16Br2N2O. The first-order valence-electron chi connectivity index (χ1n) is 6.11. The molecule has 1 fully saturated rings. The van der Waals surface area contributed by atoms with Crippen molar-refractivity contribution in [1.29, 1.82) is 0 Å². The Morgan fingerprint density at radius 1 is 1.44 bits per heavy atom.